The van der Waals surface area contributed by atoms with Crippen LogP contribution in [0, 0.1) is 11.3 Å². The second-order valence-corrected chi connectivity index (χ2v) is 3.99. The van der Waals surface area contributed by atoms with Gasteiger partial charge in [0.05, 0.1) is 12.0 Å². The summed E-state index contributed by atoms with van der Waals surface area (Å²) in [6, 6.07) is 9.47. The van der Waals surface area contributed by atoms with Gasteiger partial charge in [0, 0.05) is 5.88 Å². The standard InChI is InChI=1S/C13H12ClNO2/c14-7-3-4-8-16-13-10-5-1-2-6-11(10)17-12(13)9-15/h1-2,5-6H,3-4,7-8H2. The predicted molar refractivity (Wildman–Crippen MR) is 66.4 cm³/mol. The van der Waals surface area contributed by atoms with Crippen LogP contribution in [0.1, 0.15) is 18.6 Å². The third-order valence-electron chi connectivity index (χ3n) is 2.43. The molecule has 0 saturated carbocycles. The van der Waals surface area contributed by atoms with E-state index >= 15 is 0 Å². The van der Waals surface area contributed by atoms with Crippen LogP contribution < -0.4 is 4.74 Å². The number of halogens is 1. The molecule has 0 N–H and O–H groups in total. The zero-order valence-electron chi connectivity index (χ0n) is 9.28. The Morgan fingerprint density at radius 2 is 2.12 bits per heavy atom. The molecule has 0 atom stereocenters. The van der Waals surface area contributed by atoms with Gasteiger partial charge in [0.1, 0.15) is 11.7 Å². The van der Waals surface area contributed by atoms with Gasteiger partial charge in [-0.2, -0.15) is 5.26 Å². The summed E-state index contributed by atoms with van der Waals surface area (Å²) in [4.78, 5) is 0. The zero-order valence-corrected chi connectivity index (χ0v) is 10.0. The van der Waals surface area contributed by atoms with Gasteiger partial charge in [-0.1, -0.05) is 12.1 Å². The van der Waals surface area contributed by atoms with E-state index in [0.717, 1.165) is 18.2 Å². The van der Waals surface area contributed by atoms with Gasteiger partial charge in [0.25, 0.3) is 0 Å². The first-order valence-corrected chi connectivity index (χ1v) is 6.00. The number of alkyl halides is 1. The molecule has 0 spiro atoms. The predicted octanol–water partition coefficient (Wildman–Crippen LogP) is 3.70. The molecular formula is C13H12ClNO2. The summed E-state index contributed by atoms with van der Waals surface area (Å²) in [5.74, 6) is 1.40. The van der Waals surface area contributed by atoms with Crippen LogP contribution in [0.3, 0.4) is 0 Å². The number of hydrogen-bond donors (Lipinski definition) is 0. The van der Waals surface area contributed by atoms with Crippen molar-refractivity contribution in [1.82, 2.24) is 0 Å². The molecule has 0 amide bonds. The Hall–Kier alpha value is -1.66. The maximum Gasteiger partial charge on any atom is 0.246 e. The van der Waals surface area contributed by atoms with Gasteiger partial charge in [-0.05, 0) is 25.0 Å². The first kappa shape index (κ1) is 11.8. The quantitative estimate of drug-likeness (QED) is 0.600. The fourth-order valence-electron chi connectivity index (χ4n) is 1.61. The Kier molecular flexibility index (Phi) is 3.89. The summed E-state index contributed by atoms with van der Waals surface area (Å²) >= 11 is 5.59. The number of ether oxygens (including phenoxy) is 1. The van der Waals surface area contributed by atoms with Crippen LogP contribution in [-0.2, 0) is 0 Å². The molecule has 1 aromatic heterocycles. The Morgan fingerprint density at radius 1 is 1.29 bits per heavy atom. The summed E-state index contributed by atoms with van der Waals surface area (Å²) in [5, 5.41) is 9.82. The van der Waals surface area contributed by atoms with E-state index in [4.69, 9.17) is 26.0 Å². The van der Waals surface area contributed by atoms with E-state index in [0.29, 0.717) is 23.8 Å². The van der Waals surface area contributed by atoms with Gasteiger partial charge in [-0.3, -0.25) is 0 Å². The highest BCUT2D eigenvalue weighted by molar-refractivity contribution is 6.17. The molecule has 0 unspecified atom stereocenters. The third-order valence-corrected chi connectivity index (χ3v) is 2.69. The van der Waals surface area contributed by atoms with Gasteiger partial charge >= 0.3 is 0 Å². The Balaban J connectivity index is 2.22. The summed E-state index contributed by atoms with van der Waals surface area (Å²) in [6.45, 7) is 0.547. The van der Waals surface area contributed by atoms with Crippen LogP contribution in [-0.4, -0.2) is 12.5 Å². The molecule has 1 heterocycles. The molecule has 0 aliphatic carbocycles. The molecule has 1 aromatic carbocycles. The topological polar surface area (TPSA) is 46.2 Å². The van der Waals surface area contributed by atoms with Gasteiger partial charge in [0.15, 0.2) is 5.75 Å². The van der Waals surface area contributed by atoms with Crippen LogP contribution >= 0.6 is 11.6 Å². The lowest BCUT2D eigenvalue weighted by atomic mass is 10.2. The van der Waals surface area contributed by atoms with Crippen molar-refractivity contribution >= 4 is 22.6 Å². The van der Waals surface area contributed by atoms with E-state index in [1.807, 2.05) is 30.3 Å². The molecule has 0 aliphatic heterocycles. The van der Waals surface area contributed by atoms with Crippen molar-refractivity contribution in [2.45, 2.75) is 12.8 Å². The van der Waals surface area contributed by atoms with Crippen LogP contribution in [0.4, 0.5) is 0 Å². The molecule has 2 rings (SSSR count). The molecular weight excluding hydrogens is 238 g/mol. The Morgan fingerprint density at radius 3 is 2.88 bits per heavy atom. The van der Waals surface area contributed by atoms with Crippen LogP contribution in [0.15, 0.2) is 28.7 Å². The summed E-state index contributed by atoms with van der Waals surface area (Å²) in [6.07, 6.45) is 1.77. The molecule has 0 radical (unpaired) electrons. The average Bonchev–Trinajstić information content (AvgIpc) is 2.73. The van der Waals surface area contributed by atoms with E-state index < -0.39 is 0 Å². The minimum Gasteiger partial charge on any atom is -0.488 e. The number of hydrogen-bond acceptors (Lipinski definition) is 3. The number of para-hydroxylation sites is 1. The van der Waals surface area contributed by atoms with E-state index in [-0.39, 0.29) is 5.76 Å². The maximum atomic E-state index is 8.98. The highest BCUT2D eigenvalue weighted by atomic mass is 35.5. The van der Waals surface area contributed by atoms with Crippen molar-refractivity contribution in [3.63, 3.8) is 0 Å². The van der Waals surface area contributed by atoms with E-state index in [9.17, 15) is 0 Å². The second-order valence-electron chi connectivity index (χ2n) is 3.61. The second kappa shape index (κ2) is 5.60. The number of furan rings is 1. The lowest BCUT2D eigenvalue weighted by molar-refractivity contribution is 0.307. The fourth-order valence-corrected chi connectivity index (χ4v) is 1.80. The van der Waals surface area contributed by atoms with Gasteiger partial charge in [-0.25, -0.2) is 0 Å². The molecule has 88 valence electrons. The van der Waals surface area contributed by atoms with Crippen molar-refractivity contribution in [3.8, 4) is 11.8 Å². The summed E-state index contributed by atoms with van der Waals surface area (Å²) < 4.78 is 11.0. The lowest BCUT2D eigenvalue weighted by Gasteiger charge is -2.03. The molecule has 2 aromatic rings. The molecule has 17 heavy (non-hydrogen) atoms. The molecule has 0 fully saturated rings. The van der Waals surface area contributed by atoms with Crippen molar-refractivity contribution in [3.05, 3.63) is 30.0 Å². The third kappa shape index (κ3) is 2.54. The zero-order chi connectivity index (χ0) is 12.1. The van der Waals surface area contributed by atoms with Crippen LogP contribution in [0.25, 0.3) is 11.0 Å². The minimum absolute atomic E-state index is 0.233. The first-order chi connectivity index (χ1) is 8.36. The van der Waals surface area contributed by atoms with E-state index in [1.165, 1.54) is 0 Å². The number of benzene rings is 1. The Labute approximate surface area is 105 Å². The average molecular weight is 250 g/mol. The van der Waals surface area contributed by atoms with Crippen molar-refractivity contribution in [2.75, 3.05) is 12.5 Å². The van der Waals surface area contributed by atoms with Crippen LogP contribution in [0.2, 0.25) is 0 Å². The molecule has 0 aliphatic rings. The molecule has 0 saturated heterocycles. The first-order valence-electron chi connectivity index (χ1n) is 5.47. The summed E-state index contributed by atoms with van der Waals surface area (Å²) in [7, 11) is 0. The monoisotopic (exact) mass is 249 g/mol. The van der Waals surface area contributed by atoms with Crippen LogP contribution in [0.5, 0.6) is 5.75 Å². The lowest BCUT2D eigenvalue weighted by Crippen LogP contribution is -1.98. The van der Waals surface area contributed by atoms with Crippen molar-refractivity contribution < 1.29 is 9.15 Å². The molecule has 0 bridgehead atoms. The van der Waals surface area contributed by atoms with E-state index in [2.05, 4.69) is 0 Å². The smallest absolute Gasteiger partial charge is 0.246 e. The normalized spacial score (nSPS) is 10.4. The largest absolute Gasteiger partial charge is 0.488 e. The maximum absolute atomic E-state index is 8.98. The molecule has 3 nitrogen and oxygen atoms in total. The van der Waals surface area contributed by atoms with Gasteiger partial charge < -0.3 is 9.15 Å². The van der Waals surface area contributed by atoms with Gasteiger partial charge in [0.2, 0.25) is 5.76 Å². The SMILES string of the molecule is N#Cc1oc2ccccc2c1OCCCCCl. The summed E-state index contributed by atoms with van der Waals surface area (Å²) in [5.41, 5.74) is 0.677. The number of fused-ring (bicyclic) bond motifs is 1. The van der Waals surface area contributed by atoms with Crippen molar-refractivity contribution in [1.29, 1.82) is 5.26 Å². The highest BCUT2D eigenvalue weighted by Crippen LogP contribution is 2.32. The number of rotatable bonds is 5. The molecule has 4 heteroatoms. The fraction of sp³-hybridized carbons (Fsp3) is 0.308. The number of unbranched alkanes of at least 4 members (excludes halogenated alkanes) is 1. The Bertz CT molecular complexity index is 542. The number of nitriles is 1. The minimum atomic E-state index is 0.233. The van der Waals surface area contributed by atoms with Gasteiger partial charge in [-0.15, -0.1) is 11.6 Å². The number of nitrogens with zero attached hydrogens (tertiary/aromatic N) is 1. The van der Waals surface area contributed by atoms with E-state index in [1.54, 1.807) is 0 Å². The van der Waals surface area contributed by atoms with Crippen molar-refractivity contribution in [2.24, 2.45) is 0 Å². The highest BCUT2D eigenvalue weighted by Gasteiger charge is 2.14.